The molecule has 1 fully saturated rings. The first-order valence-electron chi connectivity index (χ1n) is 10.4. The van der Waals surface area contributed by atoms with E-state index in [0.717, 1.165) is 0 Å². The molecule has 0 bridgehead atoms. The minimum absolute atomic E-state index is 0.00140. The average molecular weight is 550 g/mol. The molecule has 2 aromatic heterocycles. The lowest BCUT2D eigenvalue weighted by molar-refractivity contribution is -0.144. The number of thiophene rings is 1. The third-order valence-electron chi connectivity index (χ3n) is 5.57. The Balaban J connectivity index is 1.85. The van der Waals surface area contributed by atoms with E-state index >= 15 is 0 Å². The van der Waals surface area contributed by atoms with Crippen molar-refractivity contribution in [3.63, 3.8) is 0 Å². The molecule has 4 rings (SSSR count). The molecule has 3 heterocycles. The Bertz CT molecular complexity index is 1410. The van der Waals surface area contributed by atoms with Gasteiger partial charge in [-0.1, -0.05) is 17.9 Å². The van der Waals surface area contributed by atoms with Crippen molar-refractivity contribution < 1.29 is 18.3 Å². The lowest BCUT2D eigenvalue weighted by Gasteiger charge is -2.42. The maximum atomic E-state index is 13.9. The number of aromatic nitrogens is 2. The third kappa shape index (κ3) is 4.78. The summed E-state index contributed by atoms with van der Waals surface area (Å²) in [5, 5.41) is 0.289. The number of amides is 1. The second-order valence-electron chi connectivity index (χ2n) is 8.92. The van der Waals surface area contributed by atoms with Crippen LogP contribution < -0.4 is 5.56 Å². The number of alkyl halides is 1. The molecule has 1 saturated heterocycles. The second kappa shape index (κ2) is 8.87. The van der Waals surface area contributed by atoms with Crippen LogP contribution in [0.5, 0.6) is 0 Å². The molecule has 10 heteroatoms. The maximum absolute atomic E-state index is 13.9. The molecule has 3 aromatic rings. The molecule has 0 unspecified atom stereocenters. The van der Waals surface area contributed by atoms with E-state index in [-0.39, 0.29) is 35.4 Å². The van der Waals surface area contributed by atoms with Crippen LogP contribution in [0.3, 0.4) is 0 Å². The van der Waals surface area contributed by atoms with Crippen molar-refractivity contribution in [2.45, 2.75) is 38.6 Å². The summed E-state index contributed by atoms with van der Waals surface area (Å²) in [6, 6.07) is 4.45. The normalized spacial score (nSPS) is 15.1. The van der Waals surface area contributed by atoms with E-state index < -0.39 is 22.6 Å². The van der Waals surface area contributed by atoms with Crippen molar-refractivity contribution >= 4 is 43.4 Å². The van der Waals surface area contributed by atoms with Crippen molar-refractivity contribution in [3.05, 3.63) is 50.0 Å². The van der Waals surface area contributed by atoms with E-state index in [1.807, 2.05) is 13.8 Å². The number of halogens is 3. The van der Waals surface area contributed by atoms with Crippen LogP contribution in [-0.4, -0.2) is 51.8 Å². The molecule has 1 aliphatic heterocycles. The van der Waals surface area contributed by atoms with Crippen LogP contribution in [0.2, 0.25) is 0 Å². The Morgan fingerprint density at radius 1 is 1.38 bits per heavy atom. The Morgan fingerprint density at radius 2 is 2.09 bits per heavy atom. The molecular formula is C24H22BrF2N3O3S. The van der Waals surface area contributed by atoms with Gasteiger partial charge >= 0.3 is 0 Å². The Kier molecular flexibility index (Phi) is 6.40. The zero-order valence-corrected chi connectivity index (χ0v) is 21.4. The zero-order chi connectivity index (χ0) is 24.8. The van der Waals surface area contributed by atoms with Gasteiger partial charge in [0.05, 0.1) is 34.2 Å². The van der Waals surface area contributed by atoms with E-state index in [4.69, 9.17) is 4.74 Å². The number of likely N-dealkylation sites (tertiary alicyclic amines) is 1. The predicted molar refractivity (Wildman–Crippen MR) is 131 cm³/mol. The molecule has 6 nitrogen and oxygen atoms in total. The van der Waals surface area contributed by atoms with E-state index in [2.05, 4.69) is 32.8 Å². The van der Waals surface area contributed by atoms with E-state index in [1.165, 1.54) is 40.1 Å². The van der Waals surface area contributed by atoms with Gasteiger partial charge in [-0.25, -0.2) is 13.8 Å². The average Bonchev–Trinajstić information content (AvgIpc) is 3.14. The van der Waals surface area contributed by atoms with Gasteiger partial charge < -0.3 is 9.64 Å². The standard InChI is InChI=1S/C24H22BrF2N3O3S/c1-23(2,33-4)8-7-17-19(14-5-6-16(26)15(25)9-14)20-21(34-17)28-13-29(22(20)32)10-18(31)30-11-24(3,27)12-30/h5-6,9,13H,10-12H2,1-4H3. The summed E-state index contributed by atoms with van der Waals surface area (Å²) in [6.07, 6.45) is 1.31. The van der Waals surface area contributed by atoms with Gasteiger partial charge in [0.25, 0.3) is 5.56 Å². The topological polar surface area (TPSA) is 64.4 Å². The number of fused-ring (bicyclic) bond motifs is 1. The summed E-state index contributed by atoms with van der Waals surface area (Å²) in [5.41, 5.74) is -1.45. The molecule has 34 heavy (non-hydrogen) atoms. The van der Waals surface area contributed by atoms with Crippen LogP contribution in [0.1, 0.15) is 25.6 Å². The van der Waals surface area contributed by atoms with Gasteiger partial charge in [0.15, 0.2) is 0 Å². The Morgan fingerprint density at radius 3 is 2.71 bits per heavy atom. The number of rotatable bonds is 4. The minimum atomic E-state index is -1.40. The number of methoxy groups -OCH3 is 1. The van der Waals surface area contributed by atoms with Gasteiger partial charge in [-0.3, -0.25) is 14.2 Å². The monoisotopic (exact) mass is 549 g/mol. The summed E-state index contributed by atoms with van der Waals surface area (Å²) in [7, 11) is 1.55. The largest absolute Gasteiger partial charge is 0.366 e. The summed E-state index contributed by atoms with van der Waals surface area (Å²) in [4.78, 5) is 32.8. The van der Waals surface area contributed by atoms with Gasteiger partial charge in [-0.05, 0) is 54.4 Å². The fourth-order valence-electron chi connectivity index (χ4n) is 3.58. The SMILES string of the molecule is COC(C)(C)C#Cc1sc2ncn(CC(=O)N3CC(C)(F)C3)c(=O)c2c1-c1ccc(F)c(Br)c1. The number of hydrogen-bond donors (Lipinski definition) is 0. The van der Waals surface area contributed by atoms with E-state index in [9.17, 15) is 18.4 Å². The quantitative estimate of drug-likeness (QED) is 0.453. The van der Waals surface area contributed by atoms with Crippen LogP contribution in [0.4, 0.5) is 8.78 Å². The Hall–Kier alpha value is -2.61. The van der Waals surface area contributed by atoms with Gasteiger partial charge in [0.1, 0.15) is 28.5 Å². The maximum Gasteiger partial charge on any atom is 0.263 e. The third-order valence-corrected chi connectivity index (χ3v) is 7.19. The molecule has 0 N–H and O–H groups in total. The van der Waals surface area contributed by atoms with Gasteiger partial charge in [-0.15, -0.1) is 11.3 Å². The molecule has 1 aliphatic rings. The lowest BCUT2D eigenvalue weighted by atomic mass is 9.99. The van der Waals surface area contributed by atoms with E-state index in [0.29, 0.717) is 20.8 Å². The number of nitrogens with zero attached hydrogens (tertiary/aromatic N) is 3. The highest BCUT2D eigenvalue weighted by Gasteiger charge is 2.41. The lowest BCUT2D eigenvalue weighted by Crippen LogP contribution is -2.60. The molecule has 0 radical (unpaired) electrons. The molecule has 1 aromatic carbocycles. The van der Waals surface area contributed by atoms with Crippen LogP contribution in [0, 0.1) is 17.7 Å². The number of carbonyl (C=O) groups is 1. The van der Waals surface area contributed by atoms with Crippen molar-refractivity contribution in [1.29, 1.82) is 0 Å². The Labute approximate surface area is 207 Å². The van der Waals surface area contributed by atoms with E-state index in [1.54, 1.807) is 19.2 Å². The fourth-order valence-corrected chi connectivity index (χ4v) is 4.97. The minimum Gasteiger partial charge on any atom is -0.366 e. The van der Waals surface area contributed by atoms with Crippen LogP contribution in [0.25, 0.3) is 21.3 Å². The summed E-state index contributed by atoms with van der Waals surface area (Å²) >= 11 is 4.44. The molecular weight excluding hydrogens is 528 g/mol. The first-order chi connectivity index (χ1) is 15.9. The highest BCUT2D eigenvalue weighted by atomic mass is 79.9. The van der Waals surface area contributed by atoms with Crippen LogP contribution >= 0.6 is 27.3 Å². The number of carbonyl (C=O) groups excluding carboxylic acids is 1. The first kappa shape index (κ1) is 24.5. The number of hydrogen-bond acceptors (Lipinski definition) is 5. The van der Waals surface area contributed by atoms with Gasteiger partial charge in [0.2, 0.25) is 5.91 Å². The molecule has 1 amide bonds. The zero-order valence-electron chi connectivity index (χ0n) is 19.0. The molecule has 0 atom stereocenters. The predicted octanol–water partition coefficient (Wildman–Crippen LogP) is 4.37. The smallest absolute Gasteiger partial charge is 0.263 e. The second-order valence-corrected chi connectivity index (χ2v) is 10.8. The fraction of sp³-hybridized carbons (Fsp3) is 0.375. The van der Waals surface area contributed by atoms with Gasteiger partial charge in [0, 0.05) is 12.7 Å². The summed E-state index contributed by atoms with van der Waals surface area (Å²) in [5.74, 6) is 5.34. The molecule has 0 spiro atoms. The van der Waals surface area contributed by atoms with Crippen molar-refractivity contribution in [3.8, 4) is 23.0 Å². The number of ether oxygens (including phenoxy) is 1. The van der Waals surface area contributed by atoms with Gasteiger partial charge in [-0.2, -0.15) is 0 Å². The van der Waals surface area contributed by atoms with Crippen molar-refractivity contribution in [2.24, 2.45) is 0 Å². The highest BCUT2D eigenvalue weighted by molar-refractivity contribution is 9.10. The van der Waals surface area contributed by atoms with Crippen molar-refractivity contribution in [2.75, 3.05) is 20.2 Å². The molecule has 178 valence electrons. The van der Waals surface area contributed by atoms with Crippen LogP contribution in [0.15, 0.2) is 33.8 Å². The van der Waals surface area contributed by atoms with Crippen LogP contribution in [-0.2, 0) is 16.1 Å². The summed E-state index contributed by atoms with van der Waals surface area (Å²) in [6.45, 7) is 4.81. The highest BCUT2D eigenvalue weighted by Crippen LogP contribution is 2.37. The first-order valence-corrected chi connectivity index (χ1v) is 12.0. The number of benzene rings is 1. The van der Waals surface area contributed by atoms with Crippen molar-refractivity contribution in [1.82, 2.24) is 14.5 Å². The summed E-state index contributed by atoms with van der Waals surface area (Å²) < 4.78 is 34.6. The molecule has 0 saturated carbocycles. The molecule has 0 aliphatic carbocycles.